The number of carbonyl (C=O) groups excluding carboxylic acids is 1. The molecular formula is C12H13ClINO3. The molecule has 0 saturated carbocycles. The normalized spacial score (nSPS) is 12.3. The van der Waals surface area contributed by atoms with Crippen molar-refractivity contribution in [1.82, 2.24) is 5.32 Å². The van der Waals surface area contributed by atoms with Gasteiger partial charge in [-0.25, -0.2) is 4.79 Å². The second-order valence-electron chi connectivity index (χ2n) is 4.16. The SMILES string of the molecule is CC(C)[C@@H](NC(=O)c1cc(Cl)ccc1I)C(=O)O. The van der Waals surface area contributed by atoms with Gasteiger partial charge in [0.25, 0.3) is 5.91 Å². The summed E-state index contributed by atoms with van der Waals surface area (Å²) in [6.45, 7) is 3.48. The van der Waals surface area contributed by atoms with Crippen molar-refractivity contribution in [3.8, 4) is 0 Å². The highest BCUT2D eigenvalue weighted by Gasteiger charge is 2.24. The molecule has 4 nitrogen and oxygen atoms in total. The van der Waals surface area contributed by atoms with Crippen molar-refractivity contribution in [2.75, 3.05) is 0 Å². The van der Waals surface area contributed by atoms with Crippen molar-refractivity contribution in [3.63, 3.8) is 0 Å². The van der Waals surface area contributed by atoms with E-state index in [1.54, 1.807) is 26.0 Å². The predicted octanol–water partition coefficient (Wildman–Crippen LogP) is 2.78. The van der Waals surface area contributed by atoms with Gasteiger partial charge in [-0.05, 0) is 46.7 Å². The fraction of sp³-hybridized carbons (Fsp3) is 0.333. The van der Waals surface area contributed by atoms with Gasteiger partial charge in [-0.15, -0.1) is 0 Å². The molecule has 0 aliphatic carbocycles. The van der Waals surface area contributed by atoms with Gasteiger partial charge in [0, 0.05) is 8.59 Å². The largest absolute Gasteiger partial charge is 0.480 e. The fourth-order valence-electron chi connectivity index (χ4n) is 1.40. The summed E-state index contributed by atoms with van der Waals surface area (Å²) in [7, 11) is 0. The molecule has 18 heavy (non-hydrogen) atoms. The van der Waals surface area contributed by atoms with Crippen LogP contribution >= 0.6 is 34.2 Å². The summed E-state index contributed by atoms with van der Waals surface area (Å²) in [5.74, 6) is -1.67. The number of benzene rings is 1. The third-order valence-electron chi connectivity index (χ3n) is 2.39. The highest BCUT2D eigenvalue weighted by atomic mass is 127. The number of aliphatic carboxylic acids is 1. The van der Waals surface area contributed by atoms with Gasteiger partial charge in [0.1, 0.15) is 6.04 Å². The first kappa shape index (κ1) is 15.2. The third kappa shape index (κ3) is 3.84. The molecule has 0 radical (unpaired) electrons. The van der Waals surface area contributed by atoms with E-state index in [1.807, 2.05) is 22.6 Å². The van der Waals surface area contributed by atoms with Gasteiger partial charge in [0.15, 0.2) is 0 Å². The Morgan fingerprint density at radius 3 is 2.50 bits per heavy atom. The van der Waals surface area contributed by atoms with Crippen molar-refractivity contribution in [2.24, 2.45) is 5.92 Å². The maximum absolute atomic E-state index is 12.0. The molecule has 0 spiro atoms. The summed E-state index contributed by atoms with van der Waals surface area (Å²) < 4.78 is 0.724. The number of hydrogen-bond acceptors (Lipinski definition) is 2. The van der Waals surface area contributed by atoms with E-state index in [1.165, 1.54) is 6.07 Å². The van der Waals surface area contributed by atoms with Crippen LogP contribution < -0.4 is 5.32 Å². The lowest BCUT2D eigenvalue weighted by atomic mass is 10.0. The monoisotopic (exact) mass is 381 g/mol. The molecule has 1 atom stereocenters. The summed E-state index contributed by atoms with van der Waals surface area (Å²) in [5.41, 5.74) is 0.384. The third-order valence-corrected chi connectivity index (χ3v) is 3.57. The molecule has 6 heteroatoms. The fourth-order valence-corrected chi connectivity index (χ4v) is 2.16. The lowest BCUT2D eigenvalue weighted by Gasteiger charge is -2.18. The molecule has 0 aliphatic rings. The first-order valence-electron chi connectivity index (χ1n) is 5.31. The van der Waals surface area contributed by atoms with Gasteiger partial charge in [0.2, 0.25) is 0 Å². The second kappa shape index (κ2) is 6.38. The zero-order valence-corrected chi connectivity index (χ0v) is 12.8. The Balaban J connectivity index is 2.94. The number of carbonyl (C=O) groups is 2. The second-order valence-corrected chi connectivity index (χ2v) is 5.76. The zero-order chi connectivity index (χ0) is 13.9. The van der Waals surface area contributed by atoms with Gasteiger partial charge in [-0.1, -0.05) is 25.4 Å². The Hall–Kier alpha value is -0.820. The Labute approximate surface area is 124 Å². The number of halogens is 2. The van der Waals surface area contributed by atoms with Crippen LogP contribution in [0.2, 0.25) is 5.02 Å². The minimum Gasteiger partial charge on any atom is -0.480 e. The van der Waals surface area contributed by atoms with Crippen LogP contribution in [0.4, 0.5) is 0 Å². The summed E-state index contributed by atoms with van der Waals surface area (Å²) >= 11 is 7.83. The van der Waals surface area contributed by atoms with E-state index in [2.05, 4.69) is 5.32 Å². The predicted molar refractivity (Wildman–Crippen MR) is 77.9 cm³/mol. The van der Waals surface area contributed by atoms with Crippen molar-refractivity contribution >= 4 is 46.1 Å². The average Bonchev–Trinajstić information content (AvgIpc) is 2.28. The van der Waals surface area contributed by atoms with Crippen LogP contribution in [0.15, 0.2) is 18.2 Å². The van der Waals surface area contributed by atoms with Gasteiger partial charge in [-0.3, -0.25) is 4.79 Å². The van der Waals surface area contributed by atoms with E-state index in [0.717, 1.165) is 3.57 Å². The number of rotatable bonds is 4. The van der Waals surface area contributed by atoms with Crippen LogP contribution in [0.25, 0.3) is 0 Å². The molecule has 2 N–H and O–H groups in total. The van der Waals surface area contributed by atoms with Crippen molar-refractivity contribution in [3.05, 3.63) is 32.4 Å². The molecular weight excluding hydrogens is 368 g/mol. The smallest absolute Gasteiger partial charge is 0.326 e. The molecule has 0 unspecified atom stereocenters. The molecule has 0 heterocycles. The van der Waals surface area contributed by atoms with Crippen LogP contribution in [-0.2, 0) is 4.79 Å². The maximum atomic E-state index is 12.0. The summed E-state index contributed by atoms with van der Waals surface area (Å²) in [6, 6.07) is 4.00. The Kier molecular flexibility index (Phi) is 5.40. The average molecular weight is 382 g/mol. The number of carboxylic acid groups (broad SMARTS) is 1. The van der Waals surface area contributed by atoms with Gasteiger partial charge in [0.05, 0.1) is 5.56 Å². The molecule has 0 bridgehead atoms. The molecule has 1 amide bonds. The Morgan fingerprint density at radius 1 is 1.39 bits per heavy atom. The quantitative estimate of drug-likeness (QED) is 0.788. The van der Waals surface area contributed by atoms with E-state index < -0.39 is 17.9 Å². The van der Waals surface area contributed by atoms with Crippen molar-refractivity contribution < 1.29 is 14.7 Å². The van der Waals surface area contributed by atoms with E-state index in [0.29, 0.717) is 10.6 Å². The standard InChI is InChI=1S/C12H13ClINO3/c1-6(2)10(12(17)18)15-11(16)8-5-7(13)3-4-9(8)14/h3-6,10H,1-2H3,(H,15,16)(H,17,18)/t10-/m1/s1. The highest BCUT2D eigenvalue weighted by Crippen LogP contribution is 2.18. The van der Waals surface area contributed by atoms with Crippen LogP contribution in [0.3, 0.4) is 0 Å². The first-order chi connectivity index (χ1) is 8.32. The minimum absolute atomic E-state index is 0.191. The van der Waals surface area contributed by atoms with Gasteiger partial charge >= 0.3 is 5.97 Å². The molecule has 0 saturated heterocycles. The Bertz CT molecular complexity index is 476. The number of nitrogens with one attached hydrogen (secondary N) is 1. The van der Waals surface area contributed by atoms with E-state index in [4.69, 9.17) is 16.7 Å². The molecule has 0 aromatic heterocycles. The first-order valence-corrected chi connectivity index (χ1v) is 6.77. The number of amides is 1. The minimum atomic E-state index is -1.05. The topological polar surface area (TPSA) is 66.4 Å². The van der Waals surface area contributed by atoms with E-state index in [9.17, 15) is 9.59 Å². The highest BCUT2D eigenvalue weighted by molar-refractivity contribution is 14.1. The number of carboxylic acids is 1. The number of hydrogen-bond donors (Lipinski definition) is 2. The lowest BCUT2D eigenvalue weighted by Crippen LogP contribution is -2.44. The van der Waals surface area contributed by atoms with E-state index >= 15 is 0 Å². The molecule has 1 aromatic rings. The van der Waals surface area contributed by atoms with Crippen molar-refractivity contribution in [1.29, 1.82) is 0 Å². The maximum Gasteiger partial charge on any atom is 0.326 e. The summed E-state index contributed by atoms with van der Waals surface area (Å²) in [4.78, 5) is 23.0. The van der Waals surface area contributed by atoms with Crippen molar-refractivity contribution in [2.45, 2.75) is 19.9 Å². The van der Waals surface area contributed by atoms with Crippen LogP contribution in [0, 0.1) is 9.49 Å². The molecule has 0 fully saturated rings. The molecule has 0 aliphatic heterocycles. The summed E-state index contributed by atoms with van der Waals surface area (Å²) in [5, 5.41) is 12.0. The zero-order valence-electron chi connectivity index (χ0n) is 9.91. The van der Waals surface area contributed by atoms with E-state index in [-0.39, 0.29) is 5.92 Å². The Morgan fingerprint density at radius 2 is 2.00 bits per heavy atom. The van der Waals surface area contributed by atoms with Gasteiger partial charge < -0.3 is 10.4 Å². The van der Waals surface area contributed by atoms with Crippen LogP contribution in [0.1, 0.15) is 24.2 Å². The van der Waals surface area contributed by atoms with Gasteiger partial charge in [-0.2, -0.15) is 0 Å². The van der Waals surface area contributed by atoms with Crippen LogP contribution in [0.5, 0.6) is 0 Å². The molecule has 1 aromatic carbocycles. The lowest BCUT2D eigenvalue weighted by molar-refractivity contribution is -0.140. The molecule has 98 valence electrons. The van der Waals surface area contributed by atoms with Crippen LogP contribution in [-0.4, -0.2) is 23.0 Å². The molecule has 1 rings (SSSR count). The summed E-state index contributed by atoms with van der Waals surface area (Å²) in [6.07, 6.45) is 0.